The summed E-state index contributed by atoms with van der Waals surface area (Å²) in [5, 5.41) is 12.7. The van der Waals surface area contributed by atoms with Crippen molar-refractivity contribution in [2.45, 2.75) is 12.5 Å². The van der Waals surface area contributed by atoms with E-state index in [4.69, 9.17) is 11.6 Å². The molecule has 6 heteroatoms. The van der Waals surface area contributed by atoms with E-state index in [9.17, 15) is 14.7 Å². The molecule has 1 unspecified atom stereocenters. The van der Waals surface area contributed by atoms with Gasteiger partial charge in [0.2, 0.25) is 0 Å². The molecule has 2 aromatic carbocycles. The highest BCUT2D eigenvalue weighted by Crippen LogP contribution is 2.33. The first-order valence-electron chi connectivity index (χ1n) is 7.67. The number of aliphatic hydroxyl groups excluding tert-OH is 1. The second kappa shape index (κ2) is 7.03. The van der Waals surface area contributed by atoms with Crippen LogP contribution < -0.4 is 10.2 Å². The molecule has 1 aliphatic heterocycles. The Morgan fingerprint density at radius 2 is 1.92 bits per heavy atom. The number of nitrogens with one attached hydrogen (secondary N) is 1. The van der Waals surface area contributed by atoms with Gasteiger partial charge in [0.05, 0.1) is 12.6 Å². The van der Waals surface area contributed by atoms with Crippen LogP contribution >= 0.6 is 11.6 Å². The van der Waals surface area contributed by atoms with Gasteiger partial charge in [0.15, 0.2) is 0 Å². The lowest BCUT2D eigenvalue weighted by molar-refractivity contribution is -0.138. The minimum absolute atomic E-state index is 0.286. The molecular weight excluding hydrogens is 328 g/mol. The first kappa shape index (κ1) is 16.5. The van der Waals surface area contributed by atoms with Crippen molar-refractivity contribution in [1.82, 2.24) is 5.32 Å². The van der Waals surface area contributed by atoms with Crippen LogP contribution in [-0.4, -0.2) is 30.1 Å². The molecule has 0 spiro atoms. The second-order valence-corrected chi connectivity index (χ2v) is 5.97. The minimum Gasteiger partial charge on any atom is -0.394 e. The standard InChI is InChI=1S/C18H17ClN2O3/c19-14-7-4-8-16-13(14)9-10-21(16)18(24)17(23)20-15(11-22)12-5-2-1-3-6-12/h1-8,15,22H,9-11H2,(H,20,23). The van der Waals surface area contributed by atoms with Crippen LogP contribution in [-0.2, 0) is 16.0 Å². The molecule has 0 radical (unpaired) electrons. The Hall–Kier alpha value is -2.37. The highest BCUT2D eigenvalue weighted by Gasteiger charge is 2.31. The van der Waals surface area contributed by atoms with Gasteiger partial charge in [-0.05, 0) is 29.7 Å². The van der Waals surface area contributed by atoms with Crippen molar-refractivity contribution in [3.63, 3.8) is 0 Å². The SMILES string of the molecule is O=C(NC(CO)c1ccccc1)C(=O)N1CCc2c(Cl)cccc21. The molecule has 1 aliphatic rings. The molecule has 1 heterocycles. The van der Waals surface area contributed by atoms with Crippen LogP contribution in [0.1, 0.15) is 17.2 Å². The number of rotatable bonds is 3. The van der Waals surface area contributed by atoms with Gasteiger partial charge in [0.25, 0.3) is 0 Å². The van der Waals surface area contributed by atoms with Gasteiger partial charge in [-0.2, -0.15) is 0 Å². The van der Waals surface area contributed by atoms with Crippen molar-refractivity contribution in [3.05, 3.63) is 64.7 Å². The van der Waals surface area contributed by atoms with Crippen molar-refractivity contribution >= 4 is 29.1 Å². The van der Waals surface area contributed by atoms with E-state index >= 15 is 0 Å². The molecule has 1 atom stereocenters. The zero-order valence-corrected chi connectivity index (χ0v) is 13.7. The Morgan fingerprint density at radius 3 is 2.62 bits per heavy atom. The number of halogens is 1. The number of hydrogen-bond acceptors (Lipinski definition) is 3. The molecule has 0 aromatic heterocycles. The number of hydrogen-bond donors (Lipinski definition) is 2. The molecule has 0 saturated heterocycles. The van der Waals surface area contributed by atoms with Crippen molar-refractivity contribution in [2.75, 3.05) is 18.1 Å². The third-order valence-electron chi connectivity index (χ3n) is 4.10. The van der Waals surface area contributed by atoms with Crippen LogP contribution in [0.3, 0.4) is 0 Å². The van der Waals surface area contributed by atoms with E-state index in [1.165, 1.54) is 4.90 Å². The van der Waals surface area contributed by atoms with Crippen LogP contribution in [0.5, 0.6) is 0 Å². The zero-order valence-electron chi connectivity index (χ0n) is 12.9. The summed E-state index contributed by atoms with van der Waals surface area (Å²) >= 11 is 6.13. The van der Waals surface area contributed by atoms with Gasteiger partial charge in [-0.15, -0.1) is 0 Å². The molecule has 2 N–H and O–H groups in total. The largest absolute Gasteiger partial charge is 0.394 e. The lowest BCUT2D eigenvalue weighted by Crippen LogP contribution is -2.44. The van der Waals surface area contributed by atoms with Gasteiger partial charge in [-0.25, -0.2) is 0 Å². The summed E-state index contributed by atoms with van der Waals surface area (Å²) in [6, 6.07) is 13.7. The third-order valence-corrected chi connectivity index (χ3v) is 4.45. The molecule has 124 valence electrons. The number of carbonyl (C=O) groups excluding carboxylic acids is 2. The number of amides is 2. The van der Waals surface area contributed by atoms with E-state index in [0.29, 0.717) is 23.7 Å². The summed E-state index contributed by atoms with van der Waals surface area (Å²) in [4.78, 5) is 26.2. The summed E-state index contributed by atoms with van der Waals surface area (Å²) in [6.45, 7) is 0.131. The van der Waals surface area contributed by atoms with Gasteiger partial charge in [0, 0.05) is 17.3 Å². The van der Waals surface area contributed by atoms with Gasteiger partial charge < -0.3 is 15.3 Å². The van der Waals surface area contributed by atoms with Crippen molar-refractivity contribution in [1.29, 1.82) is 0 Å². The van der Waals surface area contributed by atoms with Crippen molar-refractivity contribution in [2.24, 2.45) is 0 Å². The predicted octanol–water partition coefficient (Wildman–Crippen LogP) is 2.08. The first-order valence-corrected chi connectivity index (χ1v) is 8.05. The number of benzene rings is 2. The molecule has 0 fully saturated rings. The fraction of sp³-hybridized carbons (Fsp3) is 0.222. The maximum absolute atomic E-state index is 12.5. The summed E-state index contributed by atoms with van der Waals surface area (Å²) in [7, 11) is 0. The van der Waals surface area contributed by atoms with Crippen LogP contribution in [0.15, 0.2) is 48.5 Å². The first-order chi connectivity index (χ1) is 11.6. The Labute approximate surface area is 144 Å². The monoisotopic (exact) mass is 344 g/mol. The molecule has 3 rings (SSSR count). The van der Waals surface area contributed by atoms with Crippen molar-refractivity contribution < 1.29 is 14.7 Å². The van der Waals surface area contributed by atoms with E-state index < -0.39 is 17.9 Å². The molecule has 0 bridgehead atoms. The quantitative estimate of drug-likeness (QED) is 0.838. The Bertz CT molecular complexity index is 764. The number of fused-ring (bicyclic) bond motifs is 1. The topological polar surface area (TPSA) is 69.6 Å². The van der Waals surface area contributed by atoms with Gasteiger partial charge in [-0.3, -0.25) is 9.59 Å². The molecule has 24 heavy (non-hydrogen) atoms. The van der Waals surface area contributed by atoms with Crippen LogP contribution in [0.4, 0.5) is 5.69 Å². The molecular formula is C18H17ClN2O3. The third kappa shape index (κ3) is 3.13. The van der Waals surface area contributed by atoms with Crippen LogP contribution in [0.2, 0.25) is 5.02 Å². The van der Waals surface area contributed by atoms with E-state index in [1.807, 2.05) is 18.2 Å². The molecule has 0 saturated carbocycles. The number of nitrogens with zero attached hydrogens (tertiary/aromatic N) is 1. The fourth-order valence-corrected chi connectivity index (χ4v) is 3.13. The summed E-state index contributed by atoms with van der Waals surface area (Å²) in [5.74, 6) is -1.39. The number of anilines is 1. The highest BCUT2D eigenvalue weighted by atomic mass is 35.5. The maximum Gasteiger partial charge on any atom is 0.316 e. The normalized spacial score (nSPS) is 14.2. The Morgan fingerprint density at radius 1 is 1.17 bits per heavy atom. The van der Waals surface area contributed by atoms with Crippen LogP contribution in [0.25, 0.3) is 0 Å². The van der Waals surface area contributed by atoms with E-state index in [2.05, 4.69) is 5.32 Å². The summed E-state index contributed by atoms with van der Waals surface area (Å²) in [6.07, 6.45) is 0.621. The van der Waals surface area contributed by atoms with Gasteiger partial charge >= 0.3 is 11.8 Å². The summed E-state index contributed by atoms with van der Waals surface area (Å²) in [5.41, 5.74) is 2.29. The minimum atomic E-state index is -0.745. The van der Waals surface area contributed by atoms with Gasteiger partial charge in [-0.1, -0.05) is 48.0 Å². The molecule has 2 aromatic rings. The van der Waals surface area contributed by atoms with Crippen LogP contribution in [0, 0.1) is 0 Å². The fourth-order valence-electron chi connectivity index (χ4n) is 2.86. The van der Waals surface area contributed by atoms with E-state index in [-0.39, 0.29) is 6.61 Å². The van der Waals surface area contributed by atoms with Gasteiger partial charge in [0.1, 0.15) is 0 Å². The summed E-state index contributed by atoms with van der Waals surface area (Å²) < 4.78 is 0. The van der Waals surface area contributed by atoms with E-state index in [1.54, 1.807) is 30.3 Å². The smallest absolute Gasteiger partial charge is 0.316 e. The lowest BCUT2D eigenvalue weighted by Gasteiger charge is -2.20. The molecule has 2 amide bonds. The predicted molar refractivity (Wildman–Crippen MR) is 91.9 cm³/mol. The number of carbonyl (C=O) groups is 2. The lowest BCUT2D eigenvalue weighted by atomic mass is 10.1. The Kier molecular flexibility index (Phi) is 4.83. The average Bonchev–Trinajstić information content (AvgIpc) is 3.05. The average molecular weight is 345 g/mol. The molecule has 5 nitrogen and oxygen atoms in total. The highest BCUT2D eigenvalue weighted by molar-refractivity contribution is 6.41. The second-order valence-electron chi connectivity index (χ2n) is 5.56. The Balaban J connectivity index is 1.75. The van der Waals surface area contributed by atoms with Crippen molar-refractivity contribution in [3.8, 4) is 0 Å². The molecule has 0 aliphatic carbocycles. The maximum atomic E-state index is 12.5. The van der Waals surface area contributed by atoms with E-state index in [0.717, 1.165) is 11.1 Å². The number of aliphatic hydroxyl groups is 1. The zero-order chi connectivity index (χ0) is 17.1.